The average molecular weight is 653 g/mol. The highest BCUT2D eigenvalue weighted by Crippen LogP contribution is 2.42. The number of aromatic nitrogens is 4. The molecule has 0 aliphatic rings. The Bertz CT molecular complexity index is 3130. The van der Waals surface area contributed by atoms with Crippen LogP contribution in [0.15, 0.2) is 174 Å². The summed E-state index contributed by atoms with van der Waals surface area (Å²) < 4.78 is 11.0. The summed E-state index contributed by atoms with van der Waals surface area (Å²) in [6.45, 7) is 0. The molecule has 0 bridgehead atoms. The van der Waals surface area contributed by atoms with Crippen LogP contribution in [0.1, 0.15) is 0 Å². The number of fused-ring (bicyclic) bond motifs is 10. The van der Waals surface area contributed by atoms with Crippen LogP contribution in [0, 0.1) is 0 Å². The molecule has 5 heteroatoms. The van der Waals surface area contributed by atoms with Gasteiger partial charge < -0.3 is 8.98 Å². The second kappa shape index (κ2) is 10.8. The molecule has 11 rings (SSSR count). The van der Waals surface area contributed by atoms with E-state index in [0.29, 0.717) is 5.82 Å². The number of rotatable bonds is 4. The van der Waals surface area contributed by atoms with Gasteiger partial charge >= 0.3 is 0 Å². The second-order valence-corrected chi connectivity index (χ2v) is 13.0. The minimum Gasteiger partial charge on any atom is -0.456 e. The molecule has 0 aliphatic heterocycles. The highest BCUT2D eigenvalue weighted by atomic mass is 16.3. The third kappa shape index (κ3) is 4.15. The van der Waals surface area contributed by atoms with E-state index in [1.54, 1.807) is 0 Å². The van der Waals surface area contributed by atoms with Crippen molar-refractivity contribution in [3.05, 3.63) is 170 Å². The van der Waals surface area contributed by atoms with E-state index >= 15 is 0 Å². The molecule has 0 aliphatic carbocycles. The lowest BCUT2D eigenvalue weighted by Gasteiger charge is -2.12. The standard InChI is InChI=1S/C46H28N4O/c1-3-13-29(14-4-1)37-28-43(48-46(47-37)30-23-24-34-33-18-9-12-22-41(33)51-42(34)27-30)50-39-21-11-8-19-36(39)44-40(50)26-25-35-32-17-7-10-20-38(32)49(45(35)44)31-15-5-2-6-16-31/h1-28H. The summed E-state index contributed by atoms with van der Waals surface area (Å²) >= 11 is 0. The Kier molecular flexibility index (Phi) is 5.89. The van der Waals surface area contributed by atoms with Crippen molar-refractivity contribution in [3.63, 3.8) is 0 Å². The first-order valence-electron chi connectivity index (χ1n) is 17.2. The quantitative estimate of drug-likeness (QED) is 0.190. The summed E-state index contributed by atoms with van der Waals surface area (Å²) in [6.07, 6.45) is 0. The van der Waals surface area contributed by atoms with Crippen LogP contribution in [-0.4, -0.2) is 19.1 Å². The van der Waals surface area contributed by atoms with Gasteiger partial charge in [0, 0.05) is 55.2 Å². The van der Waals surface area contributed by atoms with Gasteiger partial charge in [-0.3, -0.25) is 4.57 Å². The van der Waals surface area contributed by atoms with Gasteiger partial charge in [0.2, 0.25) is 0 Å². The topological polar surface area (TPSA) is 48.8 Å². The molecule has 51 heavy (non-hydrogen) atoms. The van der Waals surface area contributed by atoms with Gasteiger partial charge in [-0.15, -0.1) is 0 Å². The third-order valence-electron chi connectivity index (χ3n) is 10.1. The van der Waals surface area contributed by atoms with E-state index < -0.39 is 0 Å². The Morgan fingerprint density at radius 2 is 1.06 bits per heavy atom. The molecule has 4 heterocycles. The molecule has 0 amide bonds. The first-order chi connectivity index (χ1) is 25.3. The number of furan rings is 1. The van der Waals surface area contributed by atoms with Gasteiger partial charge in [-0.2, -0.15) is 0 Å². The fourth-order valence-electron chi connectivity index (χ4n) is 7.90. The number of para-hydroxylation sites is 4. The first kappa shape index (κ1) is 27.9. The predicted octanol–water partition coefficient (Wildman–Crippen LogP) is 11.9. The first-order valence-corrected chi connectivity index (χ1v) is 17.2. The summed E-state index contributed by atoms with van der Waals surface area (Å²) in [4.78, 5) is 10.5. The van der Waals surface area contributed by atoms with Crippen molar-refractivity contribution >= 4 is 65.6 Å². The molecule has 0 N–H and O–H groups in total. The lowest BCUT2D eigenvalue weighted by Crippen LogP contribution is -2.02. The van der Waals surface area contributed by atoms with E-state index in [2.05, 4.69) is 155 Å². The number of benzene rings is 7. The van der Waals surface area contributed by atoms with E-state index in [-0.39, 0.29) is 0 Å². The molecule has 7 aromatic carbocycles. The van der Waals surface area contributed by atoms with Crippen LogP contribution in [0.3, 0.4) is 0 Å². The van der Waals surface area contributed by atoms with Crippen molar-refractivity contribution in [2.24, 2.45) is 0 Å². The Morgan fingerprint density at radius 3 is 1.88 bits per heavy atom. The minimum absolute atomic E-state index is 0.638. The summed E-state index contributed by atoms with van der Waals surface area (Å²) in [5.41, 5.74) is 10.1. The van der Waals surface area contributed by atoms with Crippen LogP contribution >= 0.6 is 0 Å². The zero-order valence-electron chi connectivity index (χ0n) is 27.4. The molecule has 238 valence electrons. The maximum absolute atomic E-state index is 6.30. The fraction of sp³-hybridized carbons (Fsp3) is 0. The summed E-state index contributed by atoms with van der Waals surface area (Å²) in [5, 5.41) is 6.98. The van der Waals surface area contributed by atoms with Crippen LogP contribution in [0.4, 0.5) is 0 Å². The minimum atomic E-state index is 0.638. The highest BCUT2D eigenvalue weighted by molar-refractivity contribution is 6.26. The molecule has 4 aromatic heterocycles. The van der Waals surface area contributed by atoms with Crippen molar-refractivity contribution in [2.45, 2.75) is 0 Å². The fourth-order valence-corrected chi connectivity index (χ4v) is 7.90. The van der Waals surface area contributed by atoms with Crippen molar-refractivity contribution in [2.75, 3.05) is 0 Å². The average Bonchev–Trinajstić information content (AvgIpc) is 3.86. The van der Waals surface area contributed by atoms with Gasteiger partial charge in [0.15, 0.2) is 5.82 Å². The largest absolute Gasteiger partial charge is 0.456 e. The van der Waals surface area contributed by atoms with E-state index in [4.69, 9.17) is 14.4 Å². The highest BCUT2D eigenvalue weighted by Gasteiger charge is 2.22. The van der Waals surface area contributed by atoms with Crippen molar-refractivity contribution in [3.8, 4) is 34.2 Å². The molecule has 0 saturated carbocycles. The van der Waals surface area contributed by atoms with Crippen molar-refractivity contribution in [1.82, 2.24) is 19.1 Å². The van der Waals surface area contributed by atoms with Crippen molar-refractivity contribution < 1.29 is 4.42 Å². The zero-order chi connectivity index (χ0) is 33.5. The molecule has 5 nitrogen and oxygen atoms in total. The third-order valence-corrected chi connectivity index (χ3v) is 10.1. The van der Waals surface area contributed by atoms with Gasteiger partial charge in [0.1, 0.15) is 17.0 Å². The van der Waals surface area contributed by atoms with Crippen LogP contribution in [0.25, 0.3) is 99.7 Å². The molecule has 0 radical (unpaired) electrons. The Hall–Kier alpha value is -6.98. The monoisotopic (exact) mass is 652 g/mol. The van der Waals surface area contributed by atoms with E-state index in [9.17, 15) is 0 Å². The number of nitrogens with zero attached hydrogens (tertiary/aromatic N) is 4. The molecule has 0 spiro atoms. The molecule has 0 fully saturated rings. The summed E-state index contributed by atoms with van der Waals surface area (Å²) in [7, 11) is 0. The molecule has 0 atom stereocenters. The lowest BCUT2D eigenvalue weighted by atomic mass is 10.1. The normalized spacial score (nSPS) is 11.9. The van der Waals surface area contributed by atoms with Gasteiger partial charge in [-0.25, -0.2) is 9.97 Å². The Labute approximate surface area is 292 Å². The zero-order valence-corrected chi connectivity index (χ0v) is 27.4. The van der Waals surface area contributed by atoms with E-state index in [0.717, 1.165) is 61.3 Å². The van der Waals surface area contributed by atoms with Crippen LogP contribution in [0.5, 0.6) is 0 Å². The molecular weight excluding hydrogens is 625 g/mol. The maximum atomic E-state index is 6.30. The second-order valence-electron chi connectivity index (χ2n) is 13.0. The summed E-state index contributed by atoms with van der Waals surface area (Å²) in [6, 6.07) is 59.4. The smallest absolute Gasteiger partial charge is 0.162 e. The van der Waals surface area contributed by atoms with E-state index in [1.807, 2.05) is 24.3 Å². The lowest BCUT2D eigenvalue weighted by molar-refractivity contribution is 0.669. The molecule has 0 saturated heterocycles. The van der Waals surface area contributed by atoms with Crippen LogP contribution in [0.2, 0.25) is 0 Å². The van der Waals surface area contributed by atoms with Crippen molar-refractivity contribution in [1.29, 1.82) is 0 Å². The summed E-state index contributed by atoms with van der Waals surface area (Å²) in [5.74, 6) is 1.44. The van der Waals surface area contributed by atoms with Gasteiger partial charge in [0.05, 0.1) is 27.8 Å². The van der Waals surface area contributed by atoms with Gasteiger partial charge in [-0.1, -0.05) is 115 Å². The van der Waals surface area contributed by atoms with Crippen LogP contribution in [-0.2, 0) is 0 Å². The number of hydrogen-bond donors (Lipinski definition) is 0. The van der Waals surface area contributed by atoms with Gasteiger partial charge in [0.25, 0.3) is 0 Å². The van der Waals surface area contributed by atoms with Crippen LogP contribution < -0.4 is 0 Å². The SMILES string of the molecule is c1ccc(-c2cc(-n3c4ccccc4c4c3ccc3c5ccccc5n(-c5ccccc5)c34)nc(-c3ccc4c(c3)oc3ccccc34)n2)cc1. The Morgan fingerprint density at radius 1 is 0.412 bits per heavy atom. The number of hydrogen-bond acceptors (Lipinski definition) is 3. The van der Waals surface area contributed by atoms with Gasteiger partial charge in [-0.05, 0) is 48.5 Å². The maximum Gasteiger partial charge on any atom is 0.162 e. The predicted molar refractivity (Wildman–Crippen MR) is 209 cm³/mol. The molecule has 11 aromatic rings. The molecule has 0 unspecified atom stereocenters. The van der Waals surface area contributed by atoms with E-state index in [1.165, 1.54) is 32.6 Å². The molecular formula is C46H28N4O. The Balaban J connectivity index is 1.23.